The highest BCUT2D eigenvalue weighted by molar-refractivity contribution is 5.90. The summed E-state index contributed by atoms with van der Waals surface area (Å²) in [6.45, 7) is 1.67. The predicted molar refractivity (Wildman–Crippen MR) is 123 cm³/mol. The number of phenols is 1. The molecule has 2 unspecified atom stereocenters. The SMILES string of the molecule is CC(Oc1ccc(C#N)cc1)C(=O)NC(c1ccccc1)c1c(O)ccc2ccccc12. The number of nitrogens with zero attached hydrogens (tertiary/aromatic N) is 1. The van der Waals surface area contributed by atoms with Crippen LogP contribution in [0.5, 0.6) is 11.5 Å². The van der Waals surface area contributed by atoms with Gasteiger partial charge >= 0.3 is 0 Å². The molecule has 0 bridgehead atoms. The summed E-state index contributed by atoms with van der Waals surface area (Å²) < 4.78 is 5.78. The average Bonchev–Trinajstić information content (AvgIpc) is 2.83. The van der Waals surface area contributed by atoms with Gasteiger partial charge in [-0.15, -0.1) is 0 Å². The van der Waals surface area contributed by atoms with Gasteiger partial charge in [-0.2, -0.15) is 5.26 Å². The number of carbonyl (C=O) groups is 1. The quantitative estimate of drug-likeness (QED) is 0.453. The summed E-state index contributed by atoms with van der Waals surface area (Å²) in [6.07, 6.45) is -0.786. The van der Waals surface area contributed by atoms with E-state index in [1.165, 1.54) is 0 Å². The summed E-state index contributed by atoms with van der Waals surface area (Å²) in [7, 11) is 0. The fraction of sp³-hybridized carbons (Fsp3) is 0.111. The summed E-state index contributed by atoms with van der Waals surface area (Å²) >= 11 is 0. The number of fused-ring (bicyclic) bond motifs is 1. The van der Waals surface area contributed by atoms with Crippen LogP contribution < -0.4 is 10.1 Å². The maximum absolute atomic E-state index is 13.1. The lowest BCUT2D eigenvalue weighted by Gasteiger charge is -2.24. The van der Waals surface area contributed by atoms with Crippen LogP contribution in [0.2, 0.25) is 0 Å². The molecule has 158 valence electrons. The number of benzene rings is 4. The molecule has 1 amide bonds. The standard InChI is InChI=1S/C27H22N2O3/c1-18(32-22-14-11-19(17-28)12-15-22)27(31)29-26(21-8-3-2-4-9-21)25-23-10-6-5-7-20(23)13-16-24(25)30/h2-16,18,26,30H,1H3,(H,29,31). The molecule has 0 fully saturated rings. The van der Waals surface area contributed by atoms with E-state index >= 15 is 0 Å². The first-order valence-corrected chi connectivity index (χ1v) is 10.3. The van der Waals surface area contributed by atoms with Crippen LogP contribution in [0.4, 0.5) is 0 Å². The molecule has 0 aliphatic heterocycles. The molecule has 4 rings (SSSR count). The number of hydrogen-bond acceptors (Lipinski definition) is 4. The third kappa shape index (κ3) is 4.40. The van der Waals surface area contributed by atoms with Crippen LogP contribution in [0.25, 0.3) is 10.8 Å². The highest BCUT2D eigenvalue weighted by Gasteiger charge is 2.25. The molecular formula is C27H22N2O3. The molecule has 2 atom stereocenters. The molecule has 4 aromatic rings. The Morgan fingerprint density at radius 1 is 0.938 bits per heavy atom. The van der Waals surface area contributed by atoms with Gasteiger partial charge in [0, 0.05) is 5.56 Å². The van der Waals surface area contributed by atoms with Gasteiger partial charge in [-0.25, -0.2) is 0 Å². The zero-order valence-electron chi connectivity index (χ0n) is 17.5. The topological polar surface area (TPSA) is 82.3 Å². The van der Waals surface area contributed by atoms with E-state index in [9.17, 15) is 9.90 Å². The molecule has 0 aliphatic carbocycles. The van der Waals surface area contributed by atoms with Crippen molar-refractivity contribution in [3.63, 3.8) is 0 Å². The van der Waals surface area contributed by atoms with E-state index in [1.807, 2.05) is 60.7 Å². The van der Waals surface area contributed by atoms with E-state index in [-0.39, 0.29) is 11.7 Å². The fourth-order valence-corrected chi connectivity index (χ4v) is 3.68. The zero-order valence-corrected chi connectivity index (χ0v) is 17.5. The smallest absolute Gasteiger partial charge is 0.261 e. The Kier molecular flexibility index (Phi) is 6.05. The number of aromatic hydroxyl groups is 1. The Balaban J connectivity index is 1.66. The van der Waals surface area contributed by atoms with Crippen LogP contribution >= 0.6 is 0 Å². The number of carbonyl (C=O) groups excluding carboxylic acids is 1. The third-order valence-corrected chi connectivity index (χ3v) is 5.32. The summed E-state index contributed by atoms with van der Waals surface area (Å²) in [5.74, 6) is 0.282. The number of nitrogens with one attached hydrogen (secondary N) is 1. The minimum atomic E-state index is -0.786. The van der Waals surface area contributed by atoms with E-state index in [4.69, 9.17) is 10.00 Å². The predicted octanol–water partition coefficient (Wildman–Crippen LogP) is 5.09. The Morgan fingerprint density at radius 2 is 1.62 bits per heavy atom. The van der Waals surface area contributed by atoms with Crippen molar-refractivity contribution in [3.8, 4) is 17.6 Å². The second-order valence-corrected chi connectivity index (χ2v) is 7.47. The molecule has 4 aromatic carbocycles. The Morgan fingerprint density at radius 3 is 2.34 bits per heavy atom. The lowest BCUT2D eigenvalue weighted by molar-refractivity contribution is -0.127. The molecule has 5 nitrogen and oxygen atoms in total. The Labute approximate surface area is 186 Å². The minimum absolute atomic E-state index is 0.110. The van der Waals surface area contributed by atoms with Gasteiger partial charge in [0.25, 0.3) is 5.91 Å². The van der Waals surface area contributed by atoms with Crippen LogP contribution in [-0.2, 0) is 4.79 Å². The summed E-state index contributed by atoms with van der Waals surface area (Å²) in [5, 5.41) is 24.6. The van der Waals surface area contributed by atoms with E-state index in [0.29, 0.717) is 16.9 Å². The monoisotopic (exact) mass is 422 g/mol. The average molecular weight is 422 g/mol. The van der Waals surface area contributed by atoms with Crippen molar-refractivity contribution in [1.29, 1.82) is 5.26 Å². The van der Waals surface area contributed by atoms with E-state index in [1.54, 1.807) is 37.3 Å². The first-order valence-electron chi connectivity index (χ1n) is 10.3. The number of nitriles is 1. The van der Waals surface area contributed by atoms with Gasteiger partial charge in [0.2, 0.25) is 0 Å². The number of amides is 1. The highest BCUT2D eigenvalue weighted by atomic mass is 16.5. The molecule has 0 radical (unpaired) electrons. The number of hydrogen-bond donors (Lipinski definition) is 2. The van der Waals surface area contributed by atoms with Crippen LogP contribution in [-0.4, -0.2) is 17.1 Å². The van der Waals surface area contributed by atoms with E-state index < -0.39 is 12.1 Å². The normalized spacial score (nSPS) is 12.5. The molecule has 0 saturated heterocycles. The van der Waals surface area contributed by atoms with Gasteiger partial charge in [-0.3, -0.25) is 4.79 Å². The fourth-order valence-electron chi connectivity index (χ4n) is 3.68. The van der Waals surface area contributed by atoms with Crippen molar-refractivity contribution >= 4 is 16.7 Å². The molecular weight excluding hydrogens is 400 g/mol. The Hall–Kier alpha value is -4.30. The number of phenolic OH excluding ortho intramolecular Hbond substituents is 1. The van der Waals surface area contributed by atoms with Crippen molar-refractivity contribution in [2.75, 3.05) is 0 Å². The maximum atomic E-state index is 13.1. The van der Waals surface area contributed by atoms with Crippen molar-refractivity contribution in [3.05, 3.63) is 108 Å². The summed E-state index contributed by atoms with van der Waals surface area (Å²) in [6, 6.07) is 28.9. The second kappa shape index (κ2) is 9.23. The third-order valence-electron chi connectivity index (χ3n) is 5.32. The Bertz CT molecular complexity index is 1280. The molecule has 0 saturated carbocycles. The summed E-state index contributed by atoms with van der Waals surface area (Å²) in [5.41, 5.74) is 2.00. The van der Waals surface area contributed by atoms with Crippen molar-refractivity contribution in [1.82, 2.24) is 5.32 Å². The maximum Gasteiger partial charge on any atom is 0.261 e. The van der Waals surface area contributed by atoms with Crippen LogP contribution in [0.1, 0.15) is 29.7 Å². The minimum Gasteiger partial charge on any atom is -0.508 e. The van der Waals surface area contributed by atoms with Gasteiger partial charge < -0.3 is 15.2 Å². The van der Waals surface area contributed by atoms with Crippen LogP contribution in [0.15, 0.2) is 91.0 Å². The molecule has 2 N–H and O–H groups in total. The molecule has 0 aliphatic rings. The van der Waals surface area contributed by atoms with E-state index in [2.05, 4.69) is 11.4 Å². The number of rotatable bonds is 6. The molecule has 32 heavy (non-hydrogen) atoms. The zero-order chi connectivity index (χ0) is 22.5. The van der Waals surface area contributed by atoms with Crippen molar-refractivity contribution < 1.29 is 14.6 Å². The number of ether oxygens (including phenoxy) is 1. The molecule has 0 spiro atoms. The summed E-state index contributed by atoms with van der Waals surface area (Å²) in [4.78, 5) is 13.1. The lowest BCUT2D eigenvalue weighted by Crippen LogP contribution is -2.39. The van der Waals surface area contributed by atoms with Crippen LogP contribution in [0, 0.1) is 11.3 Å². The van der Waals surface area contributed by atoms with Crippen molar-refractivity contribution in [2.24, 2.45) is 0 Å². The first kappa shape index (κ1) is 21.0. The first-order chi connectivity index (χ1) is 15.6. The molecule has 0 aromatic heterocycles. The second-order valence-electron chi connectivity index (χ2n) is 7.47. The van der Waals surface area contributed by atoms with Gasteiger partial charge in [0.1, 0.15) is 11.5 Å². The van der Waals surface area contributed by atoms with Gasteiger partial charge in [-0.05, 0) is 53.6 Å². The van der Waals surface area contributed by atoms with Crippen LogP contribution in [0.3, 0.4) is 0 Å². The van der Waals surface area contributed by atoms with Gasteiger partial charge in [-0.1, -0.05) is 60.7 Å². The van der Waals surface area contributed by atoms with Crippen molar-refractivity contribution in [2.45, 2.75) is 19.1 Å². The molecule has 0 heterocycles. The highest BCUT2D eigenvalue weighted by Crippen LogP contribution is 2.36. The largest absolute Gasteiger partial charge is 0.508 e. The van der Waals surface area contributed by atoms with Gasteiger partial charge in [0.15, 0.2) is 6.10 Å². The van der Waals surface area contributed by atoms with E-state index in [0.717, 1.165) is 16.3 Å². The van der Waals surface area contributed by atoms with Gasteiger partial charge in [0.05, 0.1) is 17.7 Å². The lowest BCUT2D eigenvalue weighted by atomic mass is 9.92. The molecule has 5 heteroatoms.